The molecule has 0 heterocycles. The molecule has 1 atom stereocenters. The molecular weight excluding hydrogens is 196 g/mol. The molecule has 2 heteroatoms. The summed E-state index contributed by atoms with van der Waals surface area (Å²) >= 11 is 0. The second-order valence-electron chi connectivity index (χ2n) is 5.95. The highest BCUT2D eigenvalue weighted by molar-refractivity contribution is 4.77. The molecule has 2 nitrogen and oxygen atoms in total. The van der Waals surface area contributed by atoms with E-state index in [9.17, 15) is 0 Å². The Balaban J connectivity index is 2.16. The van der Waals surface area contributed by atoms with Gasteiger partial charge in [0.05, 0.1) is 0 Å². The van der Waals surface area contributed by atoms with Gasteiger partial charge in [0.1, 0.15) is 0 Å². The van der Waals surface area contributed by atoms with Crippen LogP contribution in [0.3, 0.4) is 0 Å². The van der Waals surface area contributed by atoms with Gasteiger partial charge in [0, 0.05) is 6.04 Å². The predicted molar refractivity (Wildman–Crippen MR) is 71.2 cm³/mol. The van der Waals surface area contributed by atoms with Crippen LogP contribution in [0.5, 0.6) is 0 Å². The van der Waals surface area contributed by atoms with Gasteiger partial charge in [-0.05, 0) is 56.4 Å². The molecule has 1 rings (SSSR count). The first kappa shape index (κ1) is 14.0. The highest BCUT2D eigenvalue weighted by Gasteiger charge is 2.24. The maximum atomic E-state index is 6.13. The third-order valence-corrected chi connectivity index (χ3v) is 4.25. The zero-order valence-corrected chi connectivity index (χ0v) is 11.1. The number of rotatable bonds is 6. The average molecular weight is 226 g/mol. The summed E-state index contributed by atoms with van der Waals surface area (Å²) in [6, 6.07) is 0.393. The highest BCUT2D eigenvalue weighted by Crippen LogP contribution is 2.35. The molecule has 0 amide bonds. The number of hydrogen-bond donors (Lipinski definition) is 2. The molecule has 0 radical (unpaired) electrons. The molecule has 0 aromatic rings. The molecule has 1 aliphatic rings. The lowest BCUT2D eigenvalue weighted by molar-refractivity contribution is 0.208. The lowest BCUT2D eigenvalue weighted by Crippen LogP contribution is -2.27. The van der Waals surface area contributed by atoms with Crippen molar-refractivity contribution in [1.82, 2.24) is 0 Å². The van der Waals surface area contributed by atoms with Crippen molar-refractivity contribution in [3.8, 4) is 0 Å². The van der Waals surface area contributed by atoms with E-state index in [1.54, 1.807) is 0 Å². The van der Waals surface area contributed by atoms with Crippen molar-refractivity contribution < 1.29 is 0 Å². The molecule has 1 saturated carbocycles. The van der Waals surface area contributed by atoms with Gasteiger partial charge in [0.25, 0.3) is 0 Å². The van der Waals surface area contributed by atoms with E-state index in [-0.39, 0.29) is 0 Å². The van der Waals surface area contributed by atoms with Crippen molar-refractivity contribution in [1.29, 1.82) is 0 Å². The predicted octanol–water partition coefficient (Wildman–Crippen LogP) is 2.91. The van der Waals surface area contributed by atoms with Gasteiger partial charge in [-0.3, -0.25) is 0 Å². The molecular formula is C14H30N2. The topological polar surface area (TPSA) is 52.0 Å². The Hall–Kier alpha value is -0.0800. The SMILES string of the molecule is CC(C)C1CCC(CC(N)CCCN)CC1. The molecule has 0 aliphatic heterocycles. The fraction of sp³-hybridized carbons (Fsp3) is 1.00. The Morgan fingerprint density at radius 2 is 1.75 bits per heavy atom. The Morgan fingerprint density at radius 3 is 2.25 bits per heavy atom. The normalized spacial score (nSPS) is 28.3. The van der Waals surface area contributed by atoms with Gasteiger partial charge in [-0.25, -0.2) is 0 Å². The van der Waals surface area contributed by atoms with Gasteiger partial charge in [-0.1, -0.05) is 26.7 Å². The molecule has 0 aromatic heterocycles. The Morgan fingerprint density at radius 1 is 1.12 bits per heavy atom. The monoisotopic (exact) mass is 226 g/mol. The smallest absolute Gasteiger partial charge is 0.00419 e. The first-order chi connectivity index (χ1) is 7.63. The van der Waals surface area contributed by atoms with Crippen LogP contribution < -0.4 is 11.5 Å². The van der Waals surface area contributed by atoms with Crippen LogP contribution >= 0.6 is 0 Å². The number of hydrogen-bond acceptors (Lipinski definition) is 2. The molecule has 0 bridgehead atoms. The van der Waals surface area contributed by atoms with Crippen molar-refractivity contribution in [2.75, 3.05) is 6.54 Å². The quantitative estimate of drug-likeness (QED) is 0.731. The van der Waals surface area contributed by atoms with Crippen LogP contribution in [0, 0.1) is 17.8 Å². The summed E-state index contributed by atoms with van der Waals surface area (Å²) in [6.45, 7) is 5.50. The van der Waals surface area contributed by atoms with Gasteiger partial charge >= 0.3 is 0 Å². The molecule has 0 aromatic carbocycles. The van der Waals surface area contributed by atoms with E-state index in [2.05, 4.69) is 13.8 Å². The van der Waals surface area contributed by atoms with Gasteiger partial charge in [0.2, 0.25) is 0 Å². The summed E-state index contributed by atoms with van der Waals surface area (Å²) in [5.74, 6) is 2.73. The first-order valence-electron chi connectivity index (χ1n) is 7.09. The van der Waals surface area contributed by atoms with E-state index >= 15 is 0 Å². The second-order valence-corrected chi connectivity index (χ2v) is 5.95. The van der Waals surface area contributed by atoms with Crippen LogP contribution in [0.2, 0.25) is 0 Å². The standard InChI is InChI=1S/C14H30N2/c1-11(2)13-7-5-12(6-8-13)10-14(16)4-3-9-15/h11-14H,3-10,15-16H2,1-2H3. The van der Waals surface area contributed by atoms with E-state index < -0.39 is 0 Å². The van der Waals surface area contributed by atoms with Crippen molar-refractivity contribution in [3.05, 3.63) is 0 Å². The molecule has 4 N–H and O–H groups in total. The van der Waals surface area contributed by atoms with E-state index in [1.807, 2.05) is 0 Å². The van der Waals surface area contributed by atoms with E-state index in [1.165, 1.54) is 32.1 Å². The van der Waals surface area contributed by atoms with E-state index in [0.717, 1.165) is 37.1 Å². The molecule has 96 valence electrons. The van der Waals surface area contributed by atoms with Gasteiger partial charge in [0.15, 0.2) is 0 Å². The van der Waals surface area contributed by atoms with Crippen LogP contribution in [0.4, 0.5) is 0 Å². The van der Waals surface area contributed by atoms with Crippen molar-refractivity contribution in [3.63, 3.8) is 0 Å². The largest absolute Gasteiger partial charge is 0.330 e. The summed E-state index contributed by atoms with van der Waals surface area (Å²) in [5, 5.41) is 0. The fourth-order valence-electron chi connectivity index (χ4n) is 3.02. The van der Waals surface area contributed by atoms with Crippen LogP contribution in [0.1, 0.15) is 58.8 Å². The molecule has 16 heavy (non-hydrogen) atoms. The summed E-state index contributed by atoms with van der Waals surface area (Å²) in [4.78, 5) is 0. The summed E-state index contributed by atoms with van der Waals surface area (Å²) in [7, 11) is 0. The second kappa shape index (κ2) is 7.29. The van der Waals surface area contributed by atoms with Crippen LogP contribution in [-0.2, 0) is 0 Å². The minimum absolute atomic E-state index is 0.393. The maximum Gasteiger partial charge on any atom is 0.00419 e. The summed E-state index contributed by atoms with van der Waals surface area (Å²) < 4.78 is 0. The van der Waals surface area contributed by atoms with Crippen molar-refractivity contribution in [2.24, 2.45) is 29.2 Å². The molecule has 1 fully saturated rings. The van der Waals surface area contributed by atoms with Gasteiger partial charge in [-0.15, -0.1) is 0 Å². The third kappa shape index (κ3) is 4.84. The maximum absolute atomic E-state index is 6.13. The highest BCUT2D eigenvalue weighted by atomic mass is 14.6. The summed E-state index contributed by atoms with van der Waals surface area (Å²) in [5.41, 5.74) is 11.6. The summed E-state index contributed by atoms with van der Waals surface area (Å²) in [6.07, 6.45) is 9.07. The molecule has 0 spiro atoms. The van der Waals surface area contributed by atoms with E-state index in [0.29, 0.717) is 6.04 Å². The van der Waals surface area contributed by atoms with Gasteiger partial charge < -0.3 is 11.5 Å². The molecule has 0 saturated heterocycles. The van der Waals surface area contributed by atoms with Crippen LogP contribution in [0.25, 0.3) is 0 Å². The Bertz CT molecular complexity index is 172. The minimum Gasteiger partial charge on any atom is -0.330 e. The lowest BCUT2D eigenvalue weighted by Gasteiger charge is -2.32. The van der Waals surface area contributed by atoms with Crippen molar-refractivity contribution in [2.45, 2.75) is 64.8 Å². The van der Waals surface area contributed by atoms with Gasteiger partial charge in [-0.2, -0.15) is 0 Å². The number of nitrogens with two attached hydrogens (primary N) is 2. The average Bonchev–Trinajstić information content (AvgIpc) is 2.27. The van der Waals surface area contributed by atoms with Crippen LogP contribution in [0.15, 0.2) is 0 Å². The lowest BCUT2D eigenvalue weighted by atomic mass is 9.75. The Kier molecular flexibility index (Phi) is 6.37. The molecule has 1 aliphatic carbocycles. The van der Waals surface area contributed by atoms with Crippen LogP contribution in [-0.4, -0.2) is 12.6 Å². The first-order valence-corrected chi connectivity index (χ1v) is 7.09. The third-order valence-electron chi connectivity index (χ3n) is 4.25. The Labute approximate surface area is 101 Å². The van der Waals surface area contributed by atoms with E-state index in [4.69, 9.17) is 11.5 Å². The zero-order chi connectivity index (χ0) is 12.0. The zero-order valence-electron chi connectivity index (χ0n) is 11.1. The van der Waals surface area contributed by atoms with Crippen molar-refractivity contribution >= 4 is 0 Å². The molecule has 1 unspecified atom stereocenters. The fourth-order valence-corrected chi connectivity index (χ4v) is 3.02. The minimum atomic E-state index is 0.393.